The van der Waals surface area contributed by atoms with Crippen LogP contribution < -0.4 is 4.90 Å². The number of nitrogens with one attached hydrogen (secondary N) is 1. The molecule has 0 radical (unpaired) electrons. The second kappa shape index (κ2) is 8.76. The lowest BCUT2D eigenvalue weighted by molar-refractivity contribution is 0.00467. The third kappa shape index (κ3) is 3.98. The van der Waals surface area contributed by atoms with Gasteiger partial charge < -0.3 is 19.0 Å². The van der Waals surface area contributed by atoms with Crippen molar-refractivity contribution in [3.63, 3.8) is 0 Å². The number of furan rings is 1. The van der Waals surface area contributed by atoms with E-state index in [1.807, 2.05) is 6.92 Å². The predicted molar refractivity (Wildman–Crippen MR) is 111 cm³/mol. The van der Waals surface area contributed by atoms with Gasteiger partial charge in [0.1, 0.15) is 5.69 Å². The van der Waals surface area contributed by atoms with Crippen molar-refractivity contribution >= 4 is 28.7 Å². The number of aromatic carboxylic acids is 1. The minimum Gasteiger partial charge on any atom is -0.475 e. The summed E-state index contributed by atoms with van der Waals surface area (Å²) in [7, 11) is 0. The second-order valence-corrected chi connectivity index (χ2v) is 7.29. The molecule has 1 fully saturated rings. The van der Waals surface area contributed by atoms with Gasteiger partial charge in [0.15, 0.2) is 5.58 Å². The van der Waals surface area contributed by atoms with Crippen molar-refractivity contribution in [2.45, 2.75) is 45.3 Å². The number of carbonyl (C=O) groups excluding carboxylic acids is 1. The average Bonchev–Trinajstić information content (AvgIpc) is 3.43. The molecule has 1 saturated heterocycles. The van der Waals surface area contributed by atoms with E-state index in [1.165, 1.54) is 11.1 Å². The van der Waals surface area contributed by atoms with E-state index in [0.29, 0.717) is 30.5 Å². The molecule has 2 atom stereocenters. The molecule has 0 aromatic carbocycles. The van der Waals surface area contributed by atoms with Crippen molar-refractivity contribution in [3.8, 4) is 11.3 Å². The fraction of sp³-hybridized carbons (Fsp3) is 0.429. The number of aromatic nitrogens is 3. The Morgan fingerprint density at radius 1 is 1.35 bits per heavy atom. The lowest BCUT2D eigenvalue weighted by Crippen LogP contribution is -2.46. The van der Waals surface area contributed by atoms with Gasteiger partial charge in [-0.2, -0.15) is 5.10 Å². The van der Waals surface area contributed by atoms with E-state index in [4.69, 9.17) is 13.9 Å². The van der Waals surface area contributed by atoms with Crippen molar-refractivity contribution in [2.75, 3.05) is 18.1 Å². The number of aromatic amines is 1. The number of carbonyl (C=O) groups is 2. The number of ether oxygens (including phenoxy) is 2. The number of carboxylic acid groups (broad SMARTS) is 1. The third-order valence-corrected chi connectivity index (χ3v) is 5.40. The number of hydrogen-bond donors (Lipinski definition) is 2. The van der Waals surface area contributed by atoms with E-state index in [9.17, 15) is 14.7 Å². The van der Waals surface area contributed by atoms with Crippen LogP contribution in [0.2, 0.25) is 0 Å². The van der Waals surface area contributed by atoms with Gasteiger partial charge in [0, 0.05) is 29.8 Å². The Labute approximate surface area is 178 Å². The highest BCUT2D eigenvalue weighted by atomic mass is 16.6. The Hall–Kier alpha value is -3.40. The molecule has 3 aromatic rings. The van der Waals surface area contributed by atoms with Gasteiger partial charge in [-0.25, -0.2) is 9.59 Å². The number of H-pyrrole nitrogens is 1. The number of hydrogen-bond acceptors (Lipinski definition) is 7. The van der Waals surface area contributed by atoms with Gasteiger partial charge in [-0.05, 0) is 32.3 Å². The second-order valence-electron chi connectivity index (χ2n) is 7.29. The van der Waals surface area contributed by atoms with Gasteiger partial charge in [-0.1, -0.05) is 6.92 Å². The van der Waals surface area contributed by atoms with Crippen molar-refractivity contribution < 1.29 is 28.6 Å². The first-order valence-electron chi connectivity index (χ1n) is 10.3. The average molecular weight is 428 g/mol. The molecule has 164 valence electrons. The van der Waals surface area contributed by atoms with Crippen molar-refractivity contribution in [1.82, 2.24) is 15.2 Å². The highest BCUT2D eigenvalue weighted by molar-refractivity contribution is 6.09. The molecular formula is C21H24N4O6. The number of pyridine rings is 1. The van der Waals surface area contributed by atoms with E-state index in [-0.39, 0.29) is 35.8 Å². The van der Waals surface area contributed by atoms with Gasteiger partial charge in [0.05, 0.1) is 30.8 Å². The SMILES string of the molecule is CCOC(=O)N(c1c(C(=O)O)oc2cnc(-c3cn[nH]c3)cc12)[C@H]1CCO[C@@H](CC)C1. The van der Waals surface area contributed by atoms with Crippen LogP contribution in [0.15, 0.2) is 29.1 Å². The van der Waals surface area contributed by atoms with Crippen LogP contribution in [0.25, 0.3) is 22.2 Å². The summed E-state index contributed by atoms with van der Waals surface area (Å²) in [5, 5.41) is 17.0. The fourth-order valence-corrected chi connectivity index (χ4v) is 3.92. The molecule has 1 amide bonds. The molecule has 0 unspecified atom stereocenters. The van der Waals surface area contributed by atoms with Crippen molar-refractivity contribution in [2.24, 2.45) is 0 Å². The zero-order chi connectivity index (χ0) is 22.0. The van der Waals surface area contributed by atoms with Gasteiger partial charge in [0.25, 0.3) is 0 Å². The molecule has 2 N–H and O–H groups in total. The highest BCUT2D eigenvalue weighted by Gasteiger charge is 2.37. The first-order chi connectivity index (χ1) is 15.0. The minimum atomic E-state index is -1.27. The van der Waals surface area contributed by atoms with E-state index < -0.39 is 12.1 Å². The number of rotatable bonds is 6. The molecule has 3 aromatic heterocycles. The van der Waals surface area contributed by atoms with Crippen LogP contribution in [0.1, 0.15) is 43.7 Å². The molecule has 31 heavy (non-hydrogen) atoms. The maximum atomic E-state index is 13.1. The summed E-state index contributed by atoms with van der Waals surface area (Å²) in [6, 6.07) is 1.41. The fourth-order valence-electron chi connectivity index (χ4n) is 3.92. The lowest BCUT2D eigenvalue weighted by Gasteiger charge is -2.36. The number of carboxylic acids is 1. The molecule has 4 heterocycles. The summed E-state index contributed by atoms with van der Waals surface area (Å²) in [6.07, 6.45) is 6.02. The smallest absolute Gasteiger partial charge is 0.414 e. The molecule has 0 spiro atoms. The highest BCUT2D eigenvalue weighted by Crippen LogP contribution is 2.39. The Balaban J connectivity index is 1.89. The summed E-state index contributed by atoms with van der Waals surface area (Å²) in [4.78, 5) is 30.9. The largest absolute Gasteiger partial charge is 0.475 e. The monoisotopic (exact) mass is 428 g/mol. The van der Waals surface area contributed by atoms with Crippen LogP contribution >= 0.6 is 0 Å². The normalized spacial score (nSPS) is 18.8. The Morgan fingerprint density at radius 3 is 2.87 bits per heavy atom. The zero-order valence-corrected chi connectivity index (χ0v) is 17.3. The van der Waals surface area contributed by atoms with Crippen LogP contribution in [0, 0.1) is 0 Å². The summed E-state index contributed by atoms with van der Waals surface area (Å²) in [5.41, 5.74) is 1.75. The van der Waals surface area contributed by atoms with Gasteiger partial charge in [-0.15, -0.1) is 0 Å². The van der Waals surface area contributed by atoms with E-state index in [0.717, 1.165) is 12.0 Å². The number of amides is 1. The minimum absolute atomic E-state index is 0.0229. The van der Waals surface area contributed by atoms with E-state index >= 15 is 0 Å². The maximum absolute atomic E-state index is 13.1. The first kappa shape index (κ1) is 20.9. The van der Waals surface area contributed by atoms with Gasteiger partial charge in [0.2, 0.25) is 5.76 Å². The van der Waals surface area contributed by atoms with Gasteiger partial charge in [-0.3, -0.25) is 15.0 Å². The zero-order valence-electron chi connectivity index (χ0n) is 17.3. The van der Waals surface area contributed by atoms with Crippen LogP contribution in [0.4, 0.5) is 10.5 Å². The Kier molecular flexibility index (Phi) is 5.90. The molecule has 1 aliphatic rings. The van der Waals surface area contributed by atoms with Crippen LogP contribution in [-0.2, 0) is 9.47 Å². The number of nitrogens with zero attached hydrogens (tertiary/aromatic N) is 3. The lowest BCUT2D eigenvalue weighted by atomic mass is 9.99. The topological polar surface area (TPSA) is 131 Å². The Bertz CT molecular complexity index is 1080. The summed E-state index contributed by atoms with van der Waals surface area (Å²) in [5.74, 6) is -1.60. The summed E-state index contributed by atoms with van der Waals surface area (Å²) >= 11 is 0. The molecule has 10 nitrogen and oxygen atoms in total. The number of anilines is 1. The van der Waals surface area contributed by atoms with Crippen LogP contribution in [0.3, 0.4) is 0 Å². The summed E-state index contributed by atoms with van der Waals surface area (Å²) < 4.78 is 16.7. The van der Waals surface area contributed by atoms with E-state index in [1.54, 1.807) is 25.4 Å². The Morgan fingerprint density at radius 2 is 2.19 bits per heavy atom. The first-order valence-corrected chi connectivity index (χ1v) is 10.3. The number of fused-ring (bicyclic) bond motifs is 1. The molecular weight excluding hydrogens is 404 g/mol. The maximum Gasteiger partial charge on any atom is 0.414 e. The summed E-state index contributed by atoms with van der Waals surface area (Å²) in [6.45, 7) is 4.36. The molecule has 0 bridgehead atoms. The van der Waals surface area contributed by atoms with E-state index in [2.05, 4.69) is 15.2 Å². The standard InChI is InChI=1S/C21H24N4O6/c1-3-14-7-13(5-6-30-14)25(21(28)29-4-2)18-15-8-16(12-9-23-24-10-12)22-11-17(15)31-19(18)20(26)27/h8-11,13-14H,3-7H2,1-2H3,(H,23,24)(H,26,27)/t13-,14-/m0/s1. The molecule has 10 heteroatoms. The molecule has 1 aliphatic heterocycles. The van der Waals surface area contributed by atoms with Crippen LogP contribution in [0.5, 0.6) is 0 Å². The third-order valence-electron chi connectivity index (χ3n) is 5.40. The molecule has 4 rings (SSSR count). The molecule has 0 saturated carbocycles. The van der Waals surface area contributed by atoms with Crippen molar-refractivity contribution in [3.05, 3.63) is 30.4 Å². The van der Waals surface area contributed by atoms with Crippen molar-refractivity contribution in [1.29, 1.82) is 0 Å². The van der Waals surface area contributed by atoms with Crippen LogP contribution in [-0.4, -0.2) is 57.7 Å². The quantitative estimate of drug-likeness (QED) is 0.605. The predicted octanol–water partition coefficient (Wildman–Crippen LogP) is 3.84. The van der Waals surface area contributed by atoms with Gasteiger partial charge >= 0.3 is 12.1 Å². The molecule has 0 aliphatic carbocycles.